The van der Waals surface area contributed by atoms with Crippen molar-refractivity contribution in [2.45, 2.75) is 11.4 Å². The van der Waals surface area contributed by atoms with Crippen molar-refractivity contribution in [3.05, 3.63) is 90.3 Å². The summed E-state index contributed by atoms with van der Waals surface area (Å²) in [6.07, 6.45) is 2.85. The molecule has 7 heteroatoms. The van der Waals surface area contributed by atoms with Gasteiger partial charge in [-0.3, -0.25) is 14.1 Å². The Labute approximate surface area is 158 Å². The summed E-state index contributed by atoms with van der Waals surface area (Å²) in [5, 5.41) is 0. The van der Waals surface area contributed by atoms with E-state index in [1.54, 1.807) is 54.6 Å². The predicted octanol–water partition coefficient (Wildman–Crippen LogP) is 2.62. The van der Waals surface area contributed by atoms with E-state index in [-0.39, 0.29) is 23.8 Å². The molecule has 6 nitrogen and oxygen atoms in total. The summed E-state index contributed by atoms with van der Waals surface area (Å²) in [5.41, 5.74) is 7.17. The lowest BCUT2D eigenvalue weighted by atomic mass is 10.1. The van der Waals surface area contributed by atoms with Crippen LogP contribution in [0.4, 0.5) is 5.69 Å². The van der Waals surface area contributed by atoms with Gasteiger partial charge >= 0.3 is 0 Å². The molecule has 3 aromatic rings. The molecule has 1 heterocycles. The van der Waals surface area contributed by atoms with Crippen LogP contribution in [-0.4, -0.2) is 25.7 Å². The highest BCUT2D eigenvalue weighted by Gasteiger charge is 2.25. The molecule has 0 fully saturated rings. The molecule has 27 heavy (non-hydrogen) atoms. The second-order valence-corrected chi connectivity index (χ2v) is 7.72. The van der Waals surface area contributed by atoms with E-state index in [0.717, 1.165) is 5.56 Å². The van der Waals surface area contributed by atoms with Gasteiger partial charge in [-0.2, -0.15) is 0 Å². The Bertz CT molecular complexity index is 1010. The number of pyridine rings is 1. The Hall–Kier alpha value is -3.03. The number of nitrogens with zero attached hydrogens (tertiary/aromatic N) is 2. The molecular weight excluding hydrogens is 362 g/mol. The van der Waals surface area contributed by atoms with E-state index in [1.165, 1.54) is 22.8 Å². The lowest BCUT2D eigenvalue weighted by Crippen LogP contribution is -2.30. The largest absolute Gasteiger partial charge is 0.324 e. The number of benzene rings is 2. The van der Waals surface area contributed by atoms with Crippen molar-refractivity contribution in [2.75, 3.05) is 10.8 Å². The molecule has 0 aliphatic rings. The van der Waals surface area contributed by atoms with Crippen LogP contribution in [0.2, 0.25) is 0 Å². The number of Topliss-reactive ketones (excluding diaryl/α,β-unsaturated/α-hetero) is 1. The van der Waals surface area contributed by atoms with Crippen LogP contribution < -0.4 is 10.0 Å². The van der Waals surface area contributed by atoms with Gasteiger partial charge in [-0.1, -0.05) is 42.5 Å². The third-order valence-electron chi connectivity index (χ3n) is 4.05. The zero-order valence-electron chi connectivity index (χ0n) is 14.5. The molecule has 0 saturated carbocycles. The second-order valence-electron chi connectivity index (χ2n) is 5.86. The summed E-state index contributed by atoms with van der Waals surface area (Å²) in [6.45, 7) is 0.0587. The number of sulfonamides is 1. The number of nitrogens with two attached hydrogens (primary N) is 1. The Kier molecular flexibility index (Phi) is 5.63. The standard InChI is InChI=1S/C20H19N3O3S/c21-13-20(24)17-10-8-16(9-11-17)15-23(18-5-2-1-3-6-18)27(25,26)19-7-4-12-22-14-19/h1-12,14H,13,15,21H2. The molecule has 0 unspecified atom stereocenters. The number of carbonyl (C=O) groups excluding carboxylic acids is 1. The van der Waals surface area contributed by atoms with Crippen LogP contribution in [0.1, 0.15) is 15.9 Å². The fourth-order valence-electron chi connectivity index (χ4n) is 2.62. The summed E-state index contributed by atoms with van der Waals surface area (Å²) >= 11 is 0. The molecule has 2 aromatic carbocycles. The zero-order valence-corrected chi connectivity index (χ0v) is 15.3. The molecule has 0 radical (unpaired) electrons. The Morgan fingerprint density at radius 2 is 1.67 bits per heavy atom. The molecular formula is C20H19N3O3S. The number of rotatable bonds is 7. The molecule has 2 N–H and O–H groups in total. The highest BCUT2D eigenvalue weighted by atomic mass is 32.2. The topological polar surface area (TPSA) is 93.4 Å². The van der Waals surface area contributed by atoms with Gasteiger partial charge in [0, 0.05) is 18.0 Å². The lowest BCUT2D eigenvalue weighted by molar-refractivity contribution is 0.100. The monoisotopic (exact) mass is 381 g/mol. The molecule has 0 spiro atoms. The van der Waals surface area contributed by atoms with Crippen LogP contribution in [-0.2, 0) is 16.6 Å². The third kappa shape index (κ3) is 4.21. The van der Waals surface area contributed by atoms with Gasteiger partial charge in [0.2, 0.25) is 0 Å². The number of ketones is 1. The van der Waals surface area contributed by atoms with E-state index in [2.05, 4.69) is 4.98 Å². The Morgan fingerprint density at radius 3 is 2.26 bits per heavy atom. The number of para-hydroxylation sites is 1. The van der Waals surface area contributed by atoms with Crippen molar-refractivity contribution in [1.29, 1.82) is 0 Å². The molecule has 0 bridgehead atoms. The fraction of sp³-hybridized carbons (Fsp3) is 0.100. The van der Waals surface area contributed by atoms with Gasteiger partial charge < -0.3 is 5.73 Å². The van der Waals surface area contributed by atoms with Crippen LogP contribution in [0.5, 0.6) is 0 Å². The summed E-state index contributed by atoms with van der Waals surface area (Å²) < 4.78 is 27.7. The van der Waals surface area contributed by atoms with Gasteiger partial charge in [0.15, 0.2) is 5.78 Å². The minimum absolute atomic E-state index is 0.0646. The van der Waals surface area contributed by atoms with E-state index in [0.29, 0.717) is 11.3 Å². The van der Waals surface area contributed by atoms with Crippen LogP contribution >= 0.6 is 0 Å². The summed E-state index contributed by atoms with van der Waals surface area (Å²) in [4.78, 5) is 15.7. The van der Waals surface area contributed by atoms with E-state index >= 15 is 0 Å². The van der Waals surface area contributed by atoms with E-state index in [4.69, 9.17) is 5.73 Å². The van der Waals surface area contributed by atoms with Gasteiger partial charge in [-0.05, 0) is 29.8 Å². The maximum atomic E-state index is 13.2. The first-order chi connectivity index (χ1) is 13.0. The number of carbonyl (C=O) groups is 1. The number of anilines is 1. The SMILES string of the molecule is NCC(=O)c1ccc(CN(c2ccccc2)S(=O)(=O)c2cccnc2)cc1. The van der Waals surface area contributed by atoms with Crippen LogP contribution in [0.15, 0.2) is 84.0 Å². The van der Waals surface area contributed by atoms with Gasteiger partial charge in [0.05, 0.1) is 18.8 Å². The molecule has 0 aliphatic carbocycles. The molecule has 0 amide bonds. The number of hydrogen-bond donors (Lipinski definition) is 1. The van der Waals surface area contributed by atoms with Crippen molar-refractivity contribution in [1.82, 2.24) is 4.98 Å². The lowest BCUT2D eigenvalue weighted by Gasteiger charge is -2.24. The first kappa shape index (κ1) is 18.8. The highest BCUT2D eigenvalue weighted by Crippen LogP contribution is 2.25. The van der Waals surface area contributed by atoms with Crippen molar-refractivity contribution < 1.29 is 13.2 Å². The average molecular weight is 381 g/mol. The maximum Gasteiger partial charge on any atom is 0.266 e. The normalized spacial score (nSPS) is 11.1. The predicted molar refractivity (Wildman–Crippen MR) is 104 cm³/mol. The van der Waals surface area contributed by atoms with E-state index in [9.17, 15) is 13.2 Å². The van der Waals surface area contributed by atoms with Crippen molar-refractivity contribution in [3.63, 3.8) is 0 Å². The molecule has 0 aliphatic heterocycles. The van der Waals surface area contributed by atoms with Crippen LogP contribution in [0.3, 0.4) is 0 Å². The van der Waals surface area contributed by atoms with Gasteiger partial charge in [0.1, 0.15) is 4.90 Å². The smallest absolute Gasteiger partial charge is 0.266 e. The molecule has 1 aromatic heterocycles. The molecule has 3 rings (SSSR count). The van der Waals surface area contributed by atoms with Gasteiger partial charge in [-0.15, -0.1) is 0 Å². The summed E-state index contributed by atoms with van der Waals surface area (Å²) in [6, 6.07) is 18.7. The second kappa shape index (κ2) is 8.11. The number of hydrogen-bond acceptors (Lipinski definition) is 5. The van der Waals surface area contributed by atoms with Gasteiger partial charge in [0.25, 0.3) is 10.0 Å². The zero-order chi connectivity index (χ0) is 19.3. The first-order valence-electron chi connectivity index (χ1n) is 8.32. The maximum absolute atomic E-state index is 13.2. The first-order valence-corrected chi connectivity index (χ1v) is 9.76. The van der Waals surface area contributed by atoms with Crippen molar-refractivity contribution in [3.8, 4) is 0 Å². The van der Waals surface area contributed by atoms with E-state index < -0.39 is 10.0 Å². The molecule has 0 atom stereocenters. The third-order valence-corrected chi connectivity index (χ3v) is 5.81. The van der Waals surface area contributed by atoms with Gasteiger partial charge in [-0.25, -0.2) is 8.42 Å². The number of aromatic nitrogens is 1. The summed E-state index contributed by atoms with van der Waals surface area (Å²) in [7, 11) is -3.80. The van der Waals surface area contributed by atoms with Crippen molar-refractivity contribution in [2.24, 2.45) is 5.73 Å². The highest BCUT2D eigenvalue weighted by molar-refractivity contribution is 7.92. The quantitative estimate of drug-likeness (QED) is 0.635. The van der Waals surface area contributed by atoms with Crippen molar-refractivity contribution >= 4 is 21.5 Å². The minimum atomic E-state index is -3.80. The van der Waals surface area contributed by atoms with E-state index in [1.807, 2.05) is 6.07 Å². The van der Waals surface area contributed by atoms with Crippen LogP contribution in [0.25, 0.3) is 0 Å². The Balaban J connectivity index is 1.98. The summed E-state index contributed by atoms with van der Waals surface area (Å²) in [5.74, 6) is -0.163. The Morgan fingerprint density at radius 1 is 0.963 bits per heavy atom. The minimum Gasteiger partial charge on any atom is -0.324 e. The molecule has 138 valence electrons. The van der Waals surface area contributed by atoms with Crippen LogP contribution in [0, 0.1) is 0 Å². The fourth-order valence-corrected chi connectivity index (χ4v) is 4.03. The average Bonchev–Trinajstić information content (AvgIpc) is 2.73. The molecule has 0 saturated heterocycles.